The lowest BCUT2D eigenvalue weighted by Gasteiger charge is -2.34. The smallest absolute Gasteiger partial charge is 0.279 e. The Kier molecular flexibility index (Phi) is 6.00. The first-order chi connectivity index (χ1) is 12.8. The summed E-state index contributed by atoms with van der Waals surface area (Å²) in [6.07, 6.45) is -0.218. The van der Waals surface area contributed by atoms with Crippen LogP contribution in [0.2, 0.25) is 0 Å². The number of aromatic nitrogens is 2. The highest BCUT2D eigenvalue weighted by molar-refractivity contribution is 7.87. The zero-order valence-corrected chi connectivity index (χ0v) is 17.2. The molecule has 1 fully saturated rings. The Labute approximate surface area is 161 Å². The summed E-state index contributed by atoms with van der Waals surface area (Å²) in [4.78, 5) is 0. The number of ether oxygens (including phenoxy) is 1. The van der Waals surface area contributed by atoms with Crippen LogP contribution in [-0.2, 0) is 28.0 Å². The van der Waals surface area contributed by atoms with Gasteiger partial charge >= 0.3 is 0 Å². The van der Waals surface area contributed by atoms with Gasteiger partial charge in [-0.05, 0) is 33.3 Å². The number of nitrogens with zero attached hydrogens (tertiary/aromatic N) is 3. The first-order valence-electron chi connectivity index (χ1n) is 9.23. The lowest BCUT2D eigenvalue weighted by molar-refractivity contribution is -0.0444. The molecule has 2 atom stereocenters. The van der Waals surface area contributed by atoms with Crippen LogP contribution in [0.4, 0.5) is 0 Å². The van der Waals surface area contributed by atoms with Crippen LogP contribution in [-0.4, -0.2) is 47.8 Å². The van der Waals surface area contributed by atoms with E-state index in [1.807, 2.05) is 50.6 Å². The Balaban J connectivity index is 1.70. The van der Waals surface area contributed by atoms with Gasteiger partial charge in [-0.2, -0.15) is 22.5 Å². The summed E-state index contributed by atoms with van der Waals surface area (Å²) in [5.74, 6) is 0. The van der Waals surface area contributed by atoms with Crippen molar-refractivity contribution in [1.29, 1.82) is 0 Å². The Bertz CT molecular complexity index is 870. The van der Waals surface area contributed by atoms with Gasteiger partial charge in [-0.1, -0.05) is 30.3 Å². The van der Waals surface area contributed by atoms with Gasteiger partial charge in [-0.25, -0.2) is 0 Å². The average molecular weight is 393 g/mol. The molecule has 1 N–H and O–H groups in total. The summed E-state index contributed by atoms with van der Waals surface area (Å²) >= 11 is 0. The number of aryl methyl sites for hydroxylation is 1. The molecular formula is C19H28N4O3S. The number of nitrogens with one attached hydrogen (secondary N) is 1. The minimum atomic E-state index is -3.56. The van der Waals surface area contributed by atoms with Crippen LogP contribution < -0.4 is 4.72 Å². The van der Waals surface area contributed by atoms with Gasteiger partial charge in [0.05, 0.1) is 24.4 Å². The first kappa shape index (κ1) is 20.0. The van der Waals surface area contributed by atoms with Gasteiger partial charge in [-0.3, -0.25) is 4.68 Å². The second kappa shape index (κ2) is 8.10. The molecule has 7 nitrogen and oxygen atoms in total. The standard InChI is InChI=1S/C19H28N4O3S/c1-14-11-22(12-15(2)26-14)27(24,25)20-10-19-16(3)21-23(17(19)4)13-18-8-6-5-7-9-18/h5-9,14-15,20H,10-13H2,1-4H3. The van der Waals surface area contributed by atoms with Crippen LogP contribution in [0.5, 0.6) is 0 Å². The fourth-order valence-electron chi connectivity index (χ4n) is 3.48. The fraction of sp³-hybridized carbons (Fsp3) is 0.526. The SMILES string of the molecule is Cc1nn(Cc2ccccc2)c(C)c1CNS(=O)(=O)N1CC(C)OC(C)C1. The van der Waals surface area contributed by atoms with E-state index in [2.05, 4.69) is 22.0 Å². The molecule has 1 aromatic heterocycles. The van der Waals surface area contributed by atoms with Crippen molar-refractivity contribution in [2.75, 3.05) is 13.1 Å². The zero-order valence-electron chi connectivity index (χ0n) is 16.3. The lowest BCUT2D eigenvalue weighted by Crippen LogP contribution is -2.51. The Morgan fingerprint density at radius 1 is 1.15 bits per heavy atom. The summed E-state index contributed by atoms with van der Waals surface area (Å²) in [7, 11) is -3.56. The molecule has 2 heterocycles. The van der Waals surface area contributed by atoms with Gasteiger partial charge in [0.1, 0.15) is 0 Å². The number of rotatable bonds is 6. The highest BCUT2D eigenvalue weighted by Gasteiger charge is 2.31. The van der Waals surface area contributed by atoms with E-state index in [4.69, 9.17) is 4.74 Å². The van der Waals surface area contributed by atoms with Crippen molar-refractivity contribution >= 4 is 10.2 Å². The first-order valence-corrected chi connectivity index (χ1v) is 10.7. The van der Waals surface area contributed by atoms with Crippen LogP contribution >= 0.6 is 0 Å². The van der Waals surface area contributed by atoms with E-state index in [-0.39, 0.29) is 18.8 Å². The molecule has 1 aliphatic heterocycles. The van der Waals surface area contributed by atoms with Crippen LogP contribution in [0.1, 0.15) is 36.4 Å². The van der Waals surface area contributed by atoms with Crippen molar-refractivity contribution in [3.05, 3.63) is 52.8 Å². The number of morpholine rings is 1. The molecule has 1 aliphatic rings. The molecule has 0 bridgehead atoms. The van der Waals surface area contributed by atoms with Gasteiger partial charge in [0, 0.05) is 30.9 Å². The Morgan fingerprint density at radius 3 is 2.41 bits per heavy atom. The molecule has 1 saturated heterocycles. The maximum absolute atomic E-state index is 12.7. The van der Waals surface area contributed by atoms with Crippen molar-refractivity contribution in [2.45, 2.75) is 53.0 Å². The van der Waals surface area contributed by atoms with Crippen molar-refractivity contribution < 1.29 is 13.2 Å². The summed E-state index contributed by atoms with van der Waals surface area (Å²) in [6, 6.07) is 10.1. The third kappa shape index (κ3) is 4.76. The Morgan fingerprint density at radius 2 is 1.78 bits per heavy atom. The number of hydrogen-bond donors (Lipinski definition) is 1. The van der Waals surface area contributed by atoms with Crippen molar-refractivity contribution in [3.63, 3.8) is 0 Å². The van der Waals surface area contributed by atoms with E-state index in [1.54, 1.807) is 0 Å². The molecule has 148 valence electrons. The molecule has 0 aliphatic carbocycles. The molecule has 0 saturated carbocycles. The third-order valence-electron chi connectivity index (χ3n) is 4.86. The summed E-state index contributed by atoms with van der Waals surface area (Å²) in [5, 5.41) is 4.59. The fourth-order valence-corrected chi connectivity index (χ4v) is 4.80. The molecule has 0 spiro atoms. The van der Waals surface area contributed by atoms with Crippen LogP contribution in [0.3, 0.4) is 0 Å². The lowest BCUT2D eigenvalue weighted by atomic mass is 10.2. The molecule has 2 aromatic rings. The third-order valence-corrected chi connectivity index (χ3v) is 6.35. The van der Waals surface area contributed by atoms with Gasteiger partial charge < -0.3 is 4.74 Å². The van der Waals surface area contributed by atoms with Crippen LogP contribution in [0.25, 0.3) is 0 Å². The predicted octanol–water partition coefficient (Wildman–Crippen LogP) is 1.99. The predicted molar refractivity (Wildman–Crippen MR) is 105 cm³/mol. The zero-order chi connectivity index (χ0) is 19.6. The van der Waals surface area contributed by atoms with E-state index >= 15 is 0 Å². The molecule has 8 heteroatoms. The van der Waals surface area contributed by atoms with Crippen LogP contribution in [0.15, 0.2) is 30.3 Å². The van der Waals surface area contributed by atoms with Crippen molar-refractivity contribution in [1.82, 2.24) is 18.8 Å². The molecule has 27 heavy (non-hydrogen) atoms. The monoisotopic (exact) mass is 392 g/mol. The van der Waals surface area contributed by atoms with Crippen molar-refractivity contribution in [3.8, 4) is 0 Å². The molecule has 1 aromatic carbocycles. The van der Waals surface area contributed by atoms with Gasteiger partial charge in [0.2, 0.25) is 0 Å². The second-order valence-electron chi connectivity index (χ2n) is 7.19. The molecule has 0 radical (unpaired) electrons. The average Bonchev–Trinajstić information content (AvgIpc) is 2.86. The Hall–Kier alpha value is -1.74. The minimum absolute atomic E-state index is 0.109. The number of benzene rings is 1. The van der Waals surface area contributed by atoms with Gasteiger partial charge in [-0.15, -0.1) is 0 Å². The molecule has 0 amide bonds. The highest BCUT2D eigenvalue weighted by Crippen LogP contribution is 2.17. The van der Waals surface area contributed by atoms with Crippen molar-refractivity contribution in [2.24, 2.45) is 0 Å². The molecule has 2 unspecified atom stereocenters. The molecule has 3 rings (SSSR count). The maximum atomic E-state index is 12.7. The van der Waals surface area contributed by atoms with Gasteiger partial charge in [0.15, 0.2) is 0 Å². The number of hydrogen-bond acceptors (Lipinski definition) is 4. The van der Waals surface area contributed by atoms with E-state index in [0.717, 1.165) is 22.5 Å². The largest absolute Gasteiger partial charge is 0.373 e. The summed E-state index contributed by atoms with van der Waals surface area (Å²) in [5.41, 5.74) is 3.90. The van der Waals surface area contributed by atoms with E-state index < -0.39 is 10.2 Å². The minimum Gasteiger partial charge on any atom is -0.373 e. The quantitative estimate of drug-likeness (QED) is 0.816. The topological polar surface area (TPSA) is 76.5 Å². The van der Waals surface area contributed by atoms with Crippen LogP contribution in [0, 0.1) is 13.8 Å². The summed E-state index contributed by atoms with van der Waals surface area (Å²) < 4.78 is 37.2. The van der Waals surface area contributed by atoms with E-state index in [9.17, 15) is 8.42 Å². The highest BCUT2D eigenvalue weighted by atomic mass is 32.2. The summed E-state index contributed by atoms with van der Waals surface area (Å²) in [6.45, 7) is 9.30. The van der Waals surface area contributed by atoms with Gasteiger partial charge in [0.25, 0.3) is 10.2 Å². The second-order valence-corrected chi connectivity index (χ2v) is 8.95. The van der Waals surface area contributed by atoms with E-state index in [1.165, 1.54) is 4.31 Å². The molecular weight excluding hydrogens is 364 g/mol. The maximum Gasteiger partial charge on any atom is 0.279 e. The normalized spacial score (nSPS) is 21.5. The van der Waals surface area contributed by atoms with E-state index in [0.29, 0.717) is 19.6 Å².